The van der Waals surface area contributed by atoms with E-state index in [0.29, 0.717) is 23.6 Å². The van der Waals surface area contributed by atoms with E-state index in [1.165, 1.54) is 13.2 Å². The molecule has 11 heteroatoms. The number of benzene rings is 1. The minimum absolute atomic E-state index is 0.0335. The summed E-state index contributed by atoms with van der Waals surface area (Å²) < 4.78 is 34.6. The van der Waals surface area contributed by atoms with Gasteiger partial charge in [-0.25, -0.2) is 13.2 Å². The molecule has 1 aliphatic carbocycles. The highest BCUT2D eigenvalue weighted by Gasteiger charge is 2.29. The topological polar surface area (TPSA) is 139 Å². The minimum Gasteiger partial charge on any atom is -0.450 e. The molecule has 0 bridgehead atoms. The van der Waals surface area contributed by atoms with Crippen molar-refractivity contribution in [2.24, 2.45) is 0 Å². The van der Waals surface area contributed by atoms with Crippen LogP contribution in [0.4, 0.5) is 10.6 Å². The van der Waals surface area contributed by atoms with Crippen molar-refractivity contribution in [3.63, 3.8) is 0 Å². The van der Waals surface area contributed by atoms with Crippen molar-refractivity contribution < 1.29 is 27.5 Å². The van der Waals surface area contributed by atoms with Gasteiger partial charge in [-0.05, 0) is 42.9 Å². The predicted octanol–water partition coefficient (Wildman–Crippen LogP) is 2.91. The lowest BCUT2D eigenvalue weighted by Gasteiger charge is -2.12. The molecule has 1 aliphatic rings. The second-order valence-corrected chi connectivity index (χ2v) is 10.6. The van der Waals surface area contributed by atoms with E-state index in [0.717, 1.165) is 37.6 Å². The highest BCUT2D eigenvalue weighted by molar-refractivity contribution is 7.90. The van der Waals surface area contributed by atoms with Crippen LogP contribution in [-0.2, 0) is 37.1 Å². The zero-order chi connectivity index (χ0) is 24.7. The lowest BCUT2D eigenvalue weighted by molar-refractivity contribution is -0.115. The molecule has 34 heavy (non-hydrogen) atoms. The Hall–Kier alpha value is -2.92. The molecule has 1 aromatic carbocycles. The lowest BCUT2D eigenvalue weighted by atomic mass is 10.0. The molecule has 1 fully saturated rings. The Morgan fingerprint density at radius 1 is 1.24 bits per heavy atom. The van der Waals surface area contributed by atoms with Gasteiger partial charge in [0.1, 0.15) is 0 Å². The molecule has 2 aromatic rings. The van der Waals surface area contributed by atoms with Crippen LogP contribution in [0.5, 0.6) is 0 Å². The number of hydrogen-bond donors (Lipinski definition) is 3. The van der Waals surface area contributed by atoms with Crippen LogP contribution in [0.3, 0.4) is 0 Å². The smallest absolute Gasteiger partial charge is 0.407 e. The van der Waals surface area contributed by atoms with Gasteiger partial charge in [-0.1, -0.05) is 19.1 Å². The van der Waals surface area contributed by atoms with Gasteiger partial charge in [0.05, 0.1) is 24.5 Å². The zero-order valence-corrected chi connectivity index (χ0v) is 20.5. The third-order valence-corrected chi connectivity index (χ3v) is 6.87. The number of H-pyrrole nitrogens is 1. The first-order chi connectivity index (χ1) is 16.2. The summed E-state index contributed by atoms with van der Waals surface area (Å²) in [5.41, 5.74) is 2.00. The summed E-state index contributed by atoms with van der Waals surface area (Å²) >= 11 is 0. The van der Waals surface area contributed by atoms with E-state index in [9.17, 15) is 18.0 Å². The molecule has 3 N–H and O–H groups in total. The van der Waals surface area contributed by atoms with Crippen molar-refractivity contribution in [2.45, 2.75) is 62.5 Å². The van der Waals surface area contributed by atoms with Gasteiger partial charge in [0.15, 0.2) is 15.7 Å². The van der Waals surface area contributed by atoms with Gasteiger partial charge in [-0.15, -0.1) is 0 Å². The summed E-state index contributed by atoms with van der Waals surface area (Å²) in [7, 11) is -1.98. The second-order valence-electron chi connectivity index (χ2n) is 8.57. The molecule has 2 atom stereocenters. The number of amides is 2. The highest BCUT2D eigenvalue weighted by Crippen LogP contribution is 2.34. The number of carbonyl (C=O) groups excluding carboxylic acids is 2. The predicted molar refractivity (Wildman–Crippen MR) is 126 cm³/mol. The number of ether oxygens (including phenoxy) is 2. The number of sulfone groups is 1. The minimum atomic E-state index is -3.52. The molecule has 1 saturated carbocycles. The number of nitrogens with one attached hydrogen (secondary N) is 3. The number of methoxy groups -OCH3 is 1. The number of rotatable bonds is 10. The van der Waals surface area contributed by atoms with Crippen LogP contribution in [0.1, 0.15) is 55.3 Å². The van der Waals surface area contributed by atoms with Crippen LogP contribution < -0.4 is 10.6 Å². The first-order valence-electron chi connectivity index (χ1n) is 11.3. The van der Waals surface area contributed by atoms with Crippen LogP contribution in [0, 0.1) is 0 Å². The van der Waals surface area contributed by atoms with Crippen molar-refractivity contribution in [2.75, 3.05) is 25.3 Å². The molecule has 1 heterocycles. The van der Waals surface area contributed by atoms with E-state index < -0.39 is 15.9 Å². The molecule has 10 nitrogen and oxygen atoms in total. The third kappa shape index (κ3) is 7.04. The van der Waals surface area contributed by atoms with E-state index in [4.69, 9.17) is 9.47 Å². The quantitative estimate of drug-likeness (QED) is 0.463. The maximum atomic E-state index is 12.6. The Kier molecular flexibility index (Phi) is 8.67. The molecule has 0 radical (unpaired) electrons. The standard InChI is InChI=1S/C23H32N4O6S/c1-4-9-33-23(29)24-18-8-7-16(11-18)19-13-21(27-26-19)25-22(28)12-17-6-5-15(14-32-2)10-20(17)34(3,30)31/h5-6,10,13,16,18H,4,7-9,11-12,14H2,1-3H3,(H,24,29)(H2,25,26,27,28). The number of hydrogen-bond acceptors (Lipinski definition) is 7. The molecule has 0 aliphatic heterocycles. The SMILES string of the molecule is CCCOC(=O)NC1CCC(c2cc(NC(=O)Cc3ccc(COC)cc3S(C)(=O)=O)n[nH]2)C1. The first-order valence-corrected chi connectivity index (χ1v) is 13.2. The van der Waals surface area contributed by atoms with Crippen LogP contribution in [0.25, 0.3) is 0 Å². The van der Waals surface area contributed by atoms with E-state index in [1.54, 1.807) is 18.2 Å². The monoisotopic (exact) mass is 492 g/mol. The molecule has 0 saturated heterocycles. The Morgan fingerprint density at radius 3 is 2.74 bits per heavy atom. The largest absolute Gasteiger partial charge is 0.450 e. The normalized spacial score (nSPS) is 18.0. The van der Waals surface area contributed by atoms with Gasteiger partial charge >= 0.3 is 6.09 Å². The van der Waals surface area contributed by atoms with Crippen molar-refractivity contribution in [3.8, 4) is 0 Å². The summed E-state index contributed by atoms with van der Waals surface area (Å²) in [5, 5.41) is 12.8. The van der Waals surface area contributed by atoms with E-state index >= 15 is 0 Å². The number of anilines is 1. The fraction of sp³-hybridized carbons (Fsp3) is 0.522. The molecule has 1 aromatic heterocycles. The molecule has 2 amide bonds. The maximum absolute atomic E-state index is 12.6. The Morgan fingerprint density at radius 2 is 2.03 bits per heavy atom. The second kappa shape index (κ2) is 11.5. The average molecular weight is 493 g/mol. The Labute approximate surface area is 199 Å². The van der Waals surface area contributed by atoms with Crippen LogP contribution in [0.15, 0.2) is 29.2 Å². The molecular weight excluding hydrogens is 460 g/mol. The molecule has 0 spiro atoms. The van der Waals surface area contributed by atoms with Gasteiger partial charge in [0.25, 0.3) is 0 Å². The van der Waals surface area contributed by atoms with Crippen LogP contribution in [0.2, 0.25) is 0 Å². The third-order valence-electron chi connectivity index (χ3n) is 5.69. The Balaban J connectivity index is 1.59. The van der Waals surface area contributed by atoms with E-state index in [1.807, 2.05) is 6.92 Å². The summed E-state index contributed by atoms with van der Waals surface area (Å²) in [4.78, 5) is 24.5. The van der Waals surface area contributed by atoms with Gasteiger partial charge in [0.2, 0.25) is 5.91 Å². The molecule has 186 valence electrons. The van der Waals surface area contributed by atoms with Gasteiger partial charge in [0, 0.05) is 37.1 Å². The first kappa shape index (κ1) is 25.7. The van der Waals surface area contributed by atoms with Gasteiger partial charge < -0.3 is 20.1 Å². The number of alkyl carbamates (subject to hydrolysis) is 1. The summed E-state index contributed by atoms with van der Waals surface area (Å²) in [5.74, 6) is 0.183. The number of aromatic amines is 1. The number of nitrogens with zero attached hydrogens (tertiary/aromatic N) is 1. The fourth-order valence-electron chi connectivity index (χ4n) is 4.11. The fourth-order valence-corrected chi connectivity index (χ4v) is 5.10. The van der Waals surface area contributed by atoms with Crippen molar-refractivity contribution in [1.29, 1.82) is 0 Å². The lowest BCUT2D eigenvalue weighted by Crippen LogP contribution is -2.33. The van der Waals surface area contributed by atoms with Crippen molar-refractivity contribution in [1.82, 2.24) is 15.5 Å². The maximum Gasteiger partial charge on any atom is 0.407 e. The van der Waals surface area contributed by atoms with Crippen LogP contribution >= 0.6 is 0 Å². The molecule has 3 rings (SSSR count). The summed E-state index contributed by atoms with van der Waals surface area (Å²) in [6, 6.07) is 6.73. The summed E-state index contributed by atoms with van der Waals surface area (Å²) in [6.07, 6.45) is 3.86. The van der Waals surface area contributed by atoms with Gasteiger partial charge in [-0.3, -0.25) is 9.89 Å². The van der Waals surface area contributed by atoms with Gasteiger partial charge in [-0.2, -0.15) is 5.10 Å². The Bertz CT molecular complexity index is 1110. The van der Waals surface area contributed by atoms with Crippen molar-refractivity contribution in [3.05, 3.63) is 41.1 Å². The average Bonchev–Trinajstić information content (AvgIpc) is 3.42. The number of aromatic nitrogens is 2. The zero-order valence-electron chi connectivity index (χ0n) is 19.7. The van der Waals surface area contributed by atoms with E-state index in [2.05, 4.69) is 20.8 Å². The van der Waals surface area contributed by atoms with Crippen LogP contribution in [-0.4, -0.2) is 56.6 Å². The highest BCUT2D eigenvalue weighted by atomic mass is 32.2. The number of carbonyl (C=O) groups is 2. The van der Waals surface area contributed by atoms with Crippen molar-refractivity contribution >= 4 is 27.7 Å². The molecular formula is C23H32N4O6S. The van der Waals surface area contributed by atoms with E-state index in [-0.39, 0.29) is 35.8 Å². The summed E-state index contributed by atoms with van der Waals surface area (Å²) in [6.45, 7) is 2.62. The molecule has 2 unspecified atom stereocenters.